The molecule has 0 amide bonds. The zero-order valence-electron chi connectivity index (χ0n) is 7.75. The molecule has 0 heterocycles. The molecule has 78 valence electrons. The number of hydrogen-bond acceptors (Lipinski definition) is 3. The van der Waals surface area contributed by atoms with E-state index in [1.54, 1.807) is 0 Å². The van der Waals surface area contributed by atoms with Gasteiger partial charge in [-0.2, -0.15) is 0 Å². The lowest BCUT2D eigenvalue weighted by atomic mass is 10.1. The minimum atomic E-state index is -1.64. The molecule has 0 N–H and O–H groups in total. The summed E-state index contributed by atoms with van der Waals surface area (Å²) in [6.07, 6.45) is 5.78. The molecule has 1 unspecified atom stereocenters. The fourth-order valence-corrected chi connectivity index (χ4v) is 1.66. The van der Waals surface area contributed by atoms with Crippen LogP contribution in [0.15, 0.2) is 0 Å². The van der Waals surface area contributed by atoms with Gasteiger partial charge in [0.05, 0.1) is 14.8 Å². The predicted molar refractivity (Wildman–Crippen MR) is 56.5 cm³/mol. The Hall–Kier alpha value is 0.1000. The van der Waals surface area contributed by atoms with Crippen LogP contribution in [0.25, 0.3) is 0 Å². The second-order valence-electron chi connectivity index (χ2n) is 2.81. The molecule has 0 aliphatic heterocycles. The molecule has 13 heavy (non-hydrogen) atoms. The van der Waals surface area contributed by atoms with E-state index in [-0.39, 0.29) is 0 Å². The van der Waals surface area contributed by atoms with E-state index in [0.717, 1.165) is 19.3 Å². The van der Waals surface area contributed by atoms with Crippen LogP contribution in [0.3, 0.4) is 0 Å². The van der Waals surface area contributed by atoms with E-state index >= 15 is 0 Å². The molecule has 0 aromatic carbocycles. The molecule has 0 aromatic heterocycles. The first-order chi connectivity index (χ1) is 6.16. The highest BCUT2D eigenvalue weighted by atomic mass is 79.9. The minimum absolute atomic E-state index is 0.362. The zero-order valence-corrected chi connectivity index (χ0v) is 10.2. The smallest absolute Gasteiger partial charge is 0.320 e. The summed E-state index contributed by atoms with van der Waals surface area (Å²) in [6, 6.07) is 0. The molecular weight excluding hydrogens is 256 g/mol. The van der Waals surface area contributed by atoms with Crippen molar-refractivity contribution in [3.63, 3.8) is 0 Å². The lowest BCUT2D eigenvalue weighted by molar-refractivity contribution is -0.133. The Balaban J connectivity index is 3.22. The van der Waals surface area contributed by atoms with Crippen LogP contribution in [0.2, 0.25) is 0 Å². The second kappa shape index (κ2) is 8.69. The zero-order chi connectivity index (χ0) is 10.1. The molecule has 1 atom stereocenters. The Kier molecular flexibility index (Phi) is 8.75. The van der Waals surface area contributed by atoms with Crippen LogP contribution in [-0.2, 0) is 18.5 Å². The Bertz CT molecular complexity index is 173. The first kappa shape index (κ1) is 13.1. The van der Waals surface area contributed by atoms with Crippen molar-refractivity contribution in [3.05, 3.63) is 0 Å². The predicted octanol–water partition coefficient (Wildman–Crippen LogP) is 2.86. The van der Waals surface area contributed by atoms with Gasteiger partial charge in [0, 0.05) is 6.42 Å². The van der Waals surface area contributed by atoms with E-state index in [4.69, 9.17) is 0 Å². The summed E-state index contributed by atoms with van der Waals surface area (Å²) in [7, 11) is -1.64. The van der Waals surface area contributed by atoms with Crippen LogP contribution < -0.4 is 0 Å². The third kappa shape index (κ3) is 10.0. The lowest BCUT2D eigenvalue weighted by Crippen LogP contribution is -2.02. The highest BCUT2D eigenvalue weighted by Crippen LogP contribution is 2.07. The van der Waals surface area contributed by atoms with Gasteiger partial charge in [0.15, 0.2) is 0 Å². The molecular formula is C8H15BrO3S. The molecule has 0 saturated carbocycles. The first-order valence-electron chi connectivity index (χ1n) is 4.46. The number of hydrogen-bond donors (Lipinski definition) is 0. The number of halogens is 1. The van der Waals surface area contributed by atoms with Gasteiger partial charge in [0.25, 0.3) is 9.51 Å². The van der Waals surface area contributed by atoms with Crippen molar-refractivity contribution in [2.24, 2.45) is 0 Å². The average molecular weight is 271 g/mol. The molecule has 0 radical (unpaired) electrons. The van der Waals surface area contributed by atoms with Gasteiger partial charge in [0.1, 0.15) is 0 Å². The molecule has 0 saturated heterocycles. The number of unbranched alkanes of at least 4 members (excludes halogenated alkanes) is 4. The third-order valence-corrected chi connectivity index (χ3v) is 2.36. The highest BCUT2D eigenvalue weighted by molar-refractivity contribution is 9.45. The van der Waals surface area contributed by atoms with Gasteiger partial charge in [-0.05, 0) is 6.42 Å². The molecule has 5 heteroatoms. The largest absolute Gasteiger partial charge is 0.356 e. The van der Waals surface area contributed by atoms with Gasteiger partial charge >= 0.3 is 5.97 Å². The fraction of sp³-hybridized carbons (Fsp3) is 0.875. The van der Waals surface area contributed by atoms with Crippen molar-refractivity contribution in [3.8, 4) is 0 Å². The van der Waals surface area contributed by atoms with E-state index in [0.29, 0.717) is 6.42 Å². The van der Waals surface area contributed by atoms with Gasteiger partial charge in [-0.25, -0.2) is 4.21 Å². The van der Waals surface area contributed by atoms with Crippen molar-refractivity contribution in [1.29, 1.82) is 0 Å². The molecule has 0 fully saturated rings. The van der Waals surface area contributed by atoms with E-state index in [9.17, 15) is 9.00 Å². The number of rotatable bonds is 7. The molecule has 0 aliphatic rings. The van der Waals surface area contributed by atoms with E-state index in [1.165, 1.54) is 12.8 Å². The van der Waals surface area contributed by atoms with Crippen molar-refractivity contribution in [1.82, 2.24) is 0 Å². The monoisotopic (exact) mass is 270 g/mol. The molecule has 3 nitrogen and oxygen atoms in total. The van der Waals surface area contributed by atoms with E-state index < -0.39 is 15.5 Å². The van der Waals surface area contributed by atoms with Crippen molar-refractivity contribution < 1.29 is 13.2 Å². The maximum atomic E-state index is 10.8. The van der Waals surface area contributed by atoms with Gasteiger partial charge in [-0.1, -0.05) is 32.6 Å². The Morgan fingerprint density at radius 1 is 1.31 bits per heavy atom. The van der Waals surface area contributed by atoms with E-state index in [2.05, 4.69) is 25.9 Å². The van der Waals surface area contributed by atoms with Crippen molar-refractivity contribution in [2.45, 2.75) is 45.4 Å². The summed E-state index contributed by atoms with van der Waals surface area (Å²) >= 11 is 2.64. The molecule has 0 aliphatic carbocycles. The Morgan fingerprint density at radius 2 is 1.92 bits per heavy atom. The van der Waals surface area contributed by atoms with Crippen LogP contribution >= 0.6 is 14.8 Å². The SMILES string of the molecule is CCCCCCCC(=O)OS(=O)Br. The summed E-state index contributed by atoms with van der Waals surface area (Å²) in [6.45, 7) is 2.14. The maximum absolute atomic E-state index is 10.8. The van der Waals surface area contributed by atoms with Crippen LogP contribution in [0.5, 0.6) is 0 Å². The molecule has 0 rings (SSSR count). The maximum Gasteiger partial charge on any atom is 0.320 e. The van der Waals surface area contributed by atoms with Crippen molar-refractivity contribution in [2.75, 3.05) is 0 Å². The quantitative estimate of drug-likeness (QED) is 0.528. The summed E-state index contributed by atoms with van der Waals surface area (Å²) in [5, 5.41) is 0. The van der Waals surface area contributed by atoms with Crippen LogP contribution in [0.4, 0.5) is 0 Å². The minimum Gasteiger partial charge on any atom is -0.356 e. The summed E-state index contributed by atoms with van der Waals surface area (Å²) in [5.74, 6) is -0.397. The van der Waals surface area contributed by atoms with Gasteiger partial charge in [0.2, 0.25) is 0 Å². The van der Waals surface area contributed by atoms with Crippen molar-refractivity contribution >= 4 is 30.3 Å². The van der Waals surface area contributed by atoms with Gasteiger partial charge in [-0.3, -0.25) is 4.79 Å². The normalized spacial score (nSPS) is 12.5. The fourth-order valence-electron chi connectivity index (χ4n) is 0.988. The lowest BCUT2D eigenvalue weighted by Gasteiger charge is -1.99. The number of carbonyl (C=O) groups is 1. The van der Waals surface area contributed by atoms with Crippen LogP contribution in [0, 0.1) is 0 Å². The summed E-state index contributed by atoms with van der Waals surface area (Å²) < 4.78 is 14.8. The molecule has 0 spiro atoms. The number of carbonyl (C=O) groups excluding carboxylic acids is 1. The Morgan fingerprint density at radius 3 is 2.46 bits per heavy atom. The molecule has 0 bridgehead atoms. The summed E-state index contributed by atoms with van der Waals surface area (Å²) in [4.78, 5) is 10.8. The van der Waals surface area contributed by atoms with Crippen LogP contribution in [-0.4, -0.2) is 10.2 Å². The molecule has 0 aromatic rings. The van der Waals surface area contributed by atoms with Crippen LogP contribution in [0.1, 0.15) is 45.4 Å². The average Bonchev–Trinajstić information content (AvgIpc) is 2.02. The third-order valence-electron chi connectivity index (χ3n) is 1.64. The Labute approximate surface area is 89.1 Å². The first-order valence-corrected chi connectivity index (χ1v) is 7.37. The van der Waals surface area contributed by atoms with E-state index in [1.807, 2.05) is 0 Å². The van der Waals surface area contributed by atoms with Gasteiger partial charge in [-0.15, -0.1) is 0 Å². The standard InChI is InChI=1S/C8H15BrO3S/c1-2-3-4-5-6-7-8(10)12-13(9)11/h2-7H2,1H3. The summed E-state index contributed by atoms with van der Waals surface area (Å²) in [5.41, 5.74) is 0. The highest BCUT2D eigenvalue weighted by Gasteiger charge is 2.05. The topological polar surface area (TPSA) is 43.4 Å². The second-order valence-corrected chi connectivity index (χ2v) is 4.95. The van der Waals surface area contributed by atoms with Gasteiger partial charge < -0.3 is 4.18 Å².